The predicted octanol–water partition coefficient (Wildman–Crippen LogP) is 3.24. The Morgan fingerprint density at radius 3 is 2.62 bits per heavy atom. The molecule has 0 aliphatic rings. The van der Waals surface area contributed by atoms with E-state index >= 15 is 0 Å². The summed E-state index contributed by atoms with van der Waals surface area (Å²) in [6.07, 6.45) is 3.75. The molecule has 0 aliphatic heterocycles. The molecule has 1 atom stereocenters. The van der Waals surface area contributed by atoms with Crippen molar-refractivity contribution in [1.82, 2.24) is 0 Å². The third-order valence-electron chi connectivity index (χ3n) is 2.77. The van der Waals surface area contributed by atoms with Gasteiger partial charge in [0.05, 0.1) is 12.3 Å². The van der Waals surface area contributed by atoms with Gasteiger partial charge >= 0.3 is 5.97 Å². The molecule has 1 unspecified atom stereocenters. The molecule has 1 amide bonds. The summed E-state index contributed by atoms with van der Waals surface area (Å²) in [6.45, 7) is 5.31. The van der Waals surface area contributed by atoms with Crippen LogP contribution in [0.1, 0.15) is 26.3 Å². The standard InChI is InChI=1S/C16H20ClNO3/c1-4-8-13-9-6-7-10-14(13)18(16(20)12(3)17)11-15(19)21-5-2/h4,6-10,12H,5,11H2,1-3H3. The van der Waals surface area contributed by atoms with Gasteiger partial charge in [-0.25, -0.2) is 0 Å². The van der Waals surface area contributed by atoms with Gasteiger partial charge in [-0.3, -0.25) is 14.5 Å². The number of halogens is 1. The summed E-state index contributed by atoms with van der Waals surface area (Å²) in [7, 11) is 0. The summed E-state index contributed by atoms with van der Waals surface area (Å²) in [4.78, 5) is 25.4. The smallest absolute Gasteiger partial charge is 0.326 e. The molecule has 0 bridgehead atoms. The highest BCUT2D eigenvalue weighted by Gasteiger charge is 2.24. The number of allylic oxidation sites excluding steroid dienone is 1. The predicted molar refractivity (Wildman–Crippen MR) is 85.5 cm³/mol. The lowest BCUT2D eigenvalue weighted by Crippen LogP contribution is -2.40. The number of para-hydroxylation sites is 1. The summed E-state index contributed by atoms with van der Waals surface area (Å²) in [5.41, 5.74) is 1.48. The number of hydrogen-bond acceptors (Lipinski definition) is 3. The van der Waals surface area contributed by atoms with Crippen molar-refractivity contribution in [1.29, 1.82) is 0 Å². The Balaban J connectivity index is 3.17. The molecule has 21 heavy (non-hydrogen) atoms. The fraction of sp³-hybridized carbons (Fsp3) is 0.375. The van der Waals surface area contributed by atoms with E-state index in [4.69, 9.17) is 16.3 Å². The van der Waals surface area contributed by atoms with E-state index in [0.29, 0.717) is 5.69 Å². The number of benzene rings is 1. The molecular formula is C16H20ClNO3. The van der Waals surface area contributed by atoms with Crippen LogP contribution in [0.25, 0.3) is 6.08 Å². The lowest BCUT2D eigenvalue weighted by molar-refractivity contribution is -0.142. The number of nitrogens with zero attached hydrogens (tertiary/aromatic N) is 1. The van der Waals surface area contributed by atoms with Crippen molar-refractivity contribution in [2.24, 2.45) is 0 Å². The van der Waals surface area contributed by atoms with Gasteiger partial charge in [0, 0.05) is 0 Å². The highest BCUT2D eigenvalue weighted by atomic mass is 35.5. The van der Waals surface area contributed by atoms with Crippen LogP contribution in [0.15, 0.2) is 30.3 Å². The van der Waals surface area contributed by atoms with Gasteiger partial charge in [-0.1, -0.05) is 30.4 Å². The molecule has 0 heterocycles. The molecule has 0 saturated carbocycles. The zero-order valence-electron chi connectivity index (χ0n) is 12.5. The highest BCUT2D eigenvalue weighted by Crippen LogP contribution is 2.23. The number of carbonyl (C=O) groups is 2. The summed E-state index contributed by atoms with van der Waals surface area (Å²) >= 11 is 5.90. The topological polar surface area (TPSA) is 46.6 Å². The molecule has 5 heteroatoms. The molecule has 1 aromatic rings. The molecule has 0 aromatic heterocycles. The van der Waals surface area contributed by atoms with Crippen LogP contribution < -0.4 is 4.90 Å². The van der Waals surface area contributed by atoms with Gasteiger partial charge in [0.2, 0.25) is 5.91 Å². The van der Waals surface area contributed by atoms with Gasteiger partial charge in [-0.15, -0.1) is 11.6 Å². The number of alkyl halides is 1. The Morgan fingerprint density at radius 1 is 1.38 bits per heavy atom. The van der Waals surface area contributed by atoms with Crippen LogP contribution in [0.2, 0.25) is 0 Å². The molecule has 0 fully saturated rings. The minimum atomic E-state index is -0.724. The van der Waals surface area contributed by atoms with E-state index in [1.807, 2.05) is 37.3 Å². The largest absolute Gasteiger partial charge is 0.465 e. The average Bonchev–Trinajstić information content (AvgIpc) is 2.45. The van der Waals surface area contributed by atoms with Gasteiger partial charge in [0.15, 0.2) is 0 Å². The van der Waals surface area contributed by atoms with Crippen LogP contribution in [0, 0.1) is 0 Å². The molecule has 0 radical (unpaired) electrons. The normalized spacial score (nSPS) is 12.2. The van der Waals surface area contributed by atoms with Crippen molar-refractivity contribution in [3.8, 4) is 0 Å². The lowest BCUT2D eigenvalue weighted by Gasteiger charge is -2.24. The third kappa shape index (κ3) is 4.90. The van der Waals surface area contributed by atoms with E-state index in [0.717, 1.165) is 5.56 Å². The summed E-state index contributed by atoms with van der Waals surface area (Å²) in [5.74, 6) is -0.792. The summed E-state index contributed by atoms with van der Waals surface area (Å²) < 4.78 is 4.93. The van der Waals surface area contributed by atoms with Crippen LogP contribution in [0.5, 0.6) is 0 Å². The third-order valence-corrected chi connectivity index (χ3v) is 2.96. The van der Waals surface area contributed by atoms with Crippen LogP contribution >= 0.6 is 11.6 Å². The second kappa shape index (κ2) is 8.47. The molecule has 114 valence electrons. The second-order valence-corrected chi connectivity index (χ2v) is 5.06. The van der Waals surface area contributed by atoms with Crippen molar-refractivity contribution in [3.05, 3.63) is 35.9 Å². The van der Waals surface area contributed by atoms with E-state index < -0.39 is 11.3 Å². The monoisotopic (exact) mass is 309 g/mol. The van der Waals surface area contributed by atoms with Crippen molar-refractivity contribution < 1.29 is 14.3 Å². The Bertz CT molecular complexity index is 526. The van der Waals surface area contributed by atoms with Gasteiger partial charge in [-0.05, 0) is 32.4 Å². The number of ether oxygens (including phenoxy) is 1. The molecule has 4 nitrogen and oxygen atoms in total. The molecule has 1 rings (SSSR count). The minimum Gasteiger partial charge on any atom is -0.465 e. The Hall–Kier alpha value is -1.81. The maximum atomic E-state index is 12.3. The summed E-state index contributed by atoms with van der Waals surface area (Å²) in [6, 6.07) is 7.34. The Morgan fingerprint density at radius 2 is 2.05 bits per heavy atom. The van der Waals surface area contributed by atoms with Crippen LogP contribution in [0.4, 0.5) is 5.69 Å². The lowest BCUT2D eigenvalue weighted by atomic mass is 10.1. The number of amides is 1. The van der Waals surface area contributed by atoms with Gasteiger partial charge in [0.25, 0.3) is 0 Å². The first-order chi connectivity index (χ1) is 10.0. The quantitative estimate of drug-likeness (QED) is 0.598. The van der Waals surface area contributed by atoms with Crippen molar-refractivity contribution in [3.63, 3.8) is 0 Å². The molecule has 0 saturated heterocycles. The zero-order valence-corrected chi connectivity index (χ0v) is 13.3. The zero-order chi connectivity index (χ0) is 15.8. The fourth-order valence-corrected chi connectivity index (χ4v) is 2.00. The van der Waals surface area contributed by atoms with Gasteiger partial charge < -0.3 is 4.74 Å². The maximum Gasteiger partial charge on any atom is 0.326 e. The van der Waals surface area contributed by atoms with E-state index in [2.05, 4.69) is 0 Å². The van der Waals surface area contributed by atoms with E-state index in [-0.39, 0.29) is 19.1 Å². The molecule has 0 aliphatic carbocycles. The highest BCUT2D eigenvalue weighted by molar-refractivity contribution is 6.32. The van der Waals surface area contributed by atoms with E-state index in [1.165, 1.54) is 4.90 Å². The van der Waals surface area contributed by atoms with E-state index in [1.54, 1.807) is 19.9 Å². The first kappa shape index (κ1) is 17.2. The number of rotatable bonds is 6. The van der Waals surface area contributed by atoms with Crippen molar-refractivity contribution in [2.45, 2.75) is 26.1 Å². The van der Waals surface area contributed by atoms with Crippen LogP contribution in [-0.2, 0) is 14.3 Å². The first-order valence-corrected chi connectivity index (χ1v) is 7.27. The average molecular weight is 310 g/mol. The maximum absolute atomic E-state index is 12.3. The first-order valence-electron chi connectivity index (χ1n) is 6.84. The number of carbonyl (C=O) groups excluding carboxylic acids is 2. The van der Waals surface area contributed by atoms with Crippen LogP contribution in [-0.4, -0.2) is 30.4 Å². The van der Waals surface area contributed by atoms with Crippen molar-refractivity contribution in [2.75, 3.05) is 18.1 Å². The molecule has 0 N–H and O–H groups in total. The molecular weight excluding hydrogens is 290 g/mol. The number of esters is 1. The number of hydrogen-bond donors (Lipinski definition) is 0. The SMILES string of the molecule is CC=Cc1ccccc1N(CC(=O)OCC)C(=O)C(C)Cl. The molecule has 0 spiro atoms. The Labute approximate surface area is 130 Å². The van der Waals surface area contributed by atoms with E-state index in [9.17, 15) is 9.59 Å². The second-order valence-electron chi connectivity index (χ2n) is 4.40. The minimum absolute atomic E-state index is 0.154. The molecule has 1 aromatic carbocycles. The van der Waals surface area contributed by atoms with Gasteiger partial charge in [-0.2, -0.15) is 0 Å². The van der Waals surface area contributed by atoms with Gasteiger partial charge in [0.1, 0.15) is 11.9 Å². The van der Waals surface area contributed by atoms with Crippen LogP contribution in [0.3, 0.4) is 0 Å². The number of anilines is 1. The fourth-order valence-electron chi connectivity index (χ4n) is 1.89. The van der Waals surface area contributed by atoms with Crippen molar-refractivity contribution >= 4 is 35.2 Å². The Kier molecular flexibility index (Phi) is 6.96. The summed E-state index contributed by atoms with van der Waals surface area (Å²) in [5, 5.41) is -0.724.